The van der Waals surface area contributed by atoms with E-state index in [0.717, 1.165) is 25.2 Å². The van der Waals surface area contributed by atoms with Crippen molar-refractivity contribution in [1.29, 1.82) is 0 Å². The Morgan fingerprint density at radius 2 is 1.69 bits per heavy atom. The van der Waals surface area contributed by atoms with E-state index in [0.29, 0.717) is 28.4 Å². The summed E-state index contributed by atoms with van der Waals surface area (Å²) in [6, 6.07) is 18.5. The van der Waals surface area contributed by atoms with E-state index >= 15 is 0 Å². The first kappa shape index (κ1) is 24.9. The summed E-state index contributed by atoms with van der Waals surface area (Å²) in [7, 11) is 3.09. The van der Waals surface area contributed by atoms with Gasteiger partial charge in [0.2, 0.25) is 0 Å². The van der Waals surface area contributed by atoms with E-state index in [2.05, 4.69) is 39.0 Å². The molecule has 4 rings (SSSR count). The molecule has 1 heterocycles. The predicted octanol–water partition coefficient (Wildman–Crippen LogP) is 5.05. The Hall–Kier alpha value is -4.20. The van der Waals surface area contributed by atoms with Crippen LogP contribution in [0.5, 0.6) is 11.5 Å². The van der Waals surface area contributed by atoms with Gasteiger partial charge in [-0.05, 0) is 61.7 Å². The summed E-state index contributed by atoms with van der Waals surface area (Å²) in [6.45, 7) is 5.38. The average molecular weight is 489 g/mol. The fourth-order valence-electron chi connectivity index (χ4n) is 4.30. The summed E-state index contributed by atoms with van der Waals surface area (Å²) in [6.07, 6.45) is 0.910. The van der Waals surface area contributed by atoms with Crippen LogP contribution < -0.4 is 30.3 Å². The van der Waals surface area contributed by atoms with Crippen LogP contribution in [-0.4, -0.2) is 38.7 Å². The molecule has 3 amide bonds. The van der Waals surface area contributed by atoms with Gasteiger partial charge in [0.05, 0.1) is 25.5 Å². The van der Waals surface area contributed by atoms with E-state index < -0.39 is 6.03 Å². The van der Waals surface area contributed by atoms with Gasteiger partial charge >= 0.3 is 6.03 Å². The second-order valence-corrected chi connectivity index (χ2v) is 8.95. The van der Waals surface area contributed by atoms with Gasteiger partial charge in [-0.15, -0.1) is 0 Å². The van der Waals surface area contributed by atoms with Crippen molar-refractivity contribution in [2.24, 2.45) is 0 Å². The third kappa shape index (κ3) is 5.71. The van der Waals surface area contributed by atoms with E-state index in [1.807, 2.05) is 32.0 Å². The monoisotopic (exact) mass is 488 g/mol. The van der Waals surface area contributed by atoms with E-state index in [1.165, 1.54) is 18.2 Å². The number of amides is 3. The molecule has 0 saturated carbocycles. The smallest absolute Gasteiger partial charge is 0.323 e. The molecule has 0 atom stereocenters. The fourth-order valence-corrected chi connectivity index (χ4v) is 4.30. The largest absolute Gasteiger partial charge is 0.497 e. The molecule has 3 aromatic rings. The maximum atomic E-state index is 13.1. The van der Waals surface area contributed by atoms with E-state index in [9.17, 15) is 9.59 Å². The molecule has 1 aliphatic rings. The van der Waals surface area contributed by atoms with Gasteiger partial charge < -0.3 is 30.3 Å². The summed E-state index contributed by atoms with van der Waals surface area (Å²) < 4.78 is 10.6. The quantitative estimate of drug-likeness (QED) is 0.433. The van der Waals surface area contributed by atoms with E-state index in [1.54, 1.807) is 31.4 Å². The molecule has 0 bridgehead atoms. The molecule has 0 saturated heterocycles. The molecule has 3 N–H and O–H groups in total. The molecule has 0 aliphatic carbocycles. The van der Waals surface area contributed by atoms with E-state index in [-0.39, 0.29) is 11.9 Å². The van der Waals surface area contributed by atoms with Crippen molar-refractivity contribution in [2.75, 3.05) is 36.3 Å². The number of methoxy groups -OCH3 is 2. The van der Waals surface area contributed by atoms with Crippen LogP contribution in [0.1, 0.15) is 35.3 Å². The van der Waals surface area contributed by atoms with Crippen molar-refractivity contribution in [3.63, 3.8) is 0 Å². The molecule has 0 fully saturated rings. The number of anilines is 3. The Balaban J connectivity index is 1.56. The van der Waals surface area contributed by atoms with Crippen LogP contribution in [0.3, 0.4) is 0 Å². The standard InChI is InChI=1S/C28H32N4O4/c1-18(2)29-27(33)23-15-21(30-28(34)31-24-11-10-22(35-3)16-26(24)36-4)9-12-25(23)32-14-13-19-7-5-6-8-20(19)17-32/h5-12,15-16,18H,13-14,17H2,1-4H3,(H,29,33)(H2,30,31,34). The normalized spacial score (nSPS) is 12.5. The molecule has 8 nitrogen and oxygen atoms in total. The van der Waals surface area contributed by atoms with E-state index in [4.69, 9.17) is 9.47 Å². The van der Waals surface area contributed by atoms with Crippen LogP contribution in [0.4, 0.5) is 21.9 Å². The van der Waals surface area contributed by atoms with Crippen LogP contribution in [-0.2, 0) is 13.0 Å². The van der Waals surface area contributed by atoms with Gasteiger partial charge in [-0.1, -0.05) is 24.3 Å². The summed E-state index contributed by atoms with van der Waals surface area (Å²) in [5, 5.41) is 8.60. The van der Waals surface area contributed by atoms with Crippen molar-refractivity contribution in [2.45, 2.75) is 32.9 Å². The summed E-state index contributed by atoms with van der Waals surface area (Å²) in [4.78, 5) is 28.1. The van der Waals surface area contributed by atoms with Gasteiger partial charge in [-0.25, -0.2) is 4.79 Å². The zero-order chi connectivity index (χ0) is 25.7. The van der Waals surface area contributed by atoms with Gasteiger partial charge in [0.15, 0.2) is 0 Å². The zero-order valence-corrected chi connectivity index (χ0v) is 21.1. The molecule has 0 spiro atoms. The summed E-state index contributed by atoms with van der Waals surface area (Å²) >= 11 is 0. The SMILES string of the molecule is COc1ccc(NC(=O)Nc2ccc(N3CCc4ccccc4C3)c(C(=O)NC(C)C)c2)c(OC)c1. The molecule has 36 heavy (non-hydrogen) atoms. The molecule has 0 unspecified atom stereocenters. The molecule has 1 aliphatic heterocycles. The zero-order valence-electron chi connectivity index (χ0n) is 21.1. The van der Waals surface area contributed by atoms with Crippen molar-refractivity contribution in [3.05, 3.63) is 77.4 Å². The summed E-state index contributed by atoms with van der Waals surface area (Å²) in [5.74, 6) is 0.913. The number of rotatable bonds is 7. The number of carbonyl (C=O) groups is 2. The minimum atomic E-state index is -0.451. The Morgan fingerprint density at radius 1 is 0.917 bits per heavy atom. The van der Waals surface area contributed by atoms with Gasteiger partial charge in [-0.2, -0.15) is 0 Å². The number of hydrogen-bond acceptors (Lipinski definition) is 5. The number of ether oxygens (including phenoxy) is 2. The highest BCUT2D eigenvalue weighted by atomic mass is 16.5. The Kier molecular flexibility index (Phi) is 7.63. The van der Waals surface area contributed by atoms with Gasteiger partial charge in [0.25, 0.3) is 5.91 Å². The second-order valence-electron chi connectivity index (χ2n) is 8.95. The molecule has 0 aromatic heterocycles. The highest BCUT2D eigenvalue weighted by molar-refractivity contribution is 6.04. The average Bonchev–Trinajstić information content (AvgIpc) is 2.88. The van der Waals surface area contributed by atoms with Gasteiger partial charge in [0.1, 0.15) is 11.5 Å². The van der Waals surface area contributed by atoms with Gasteiger partial charge in [0, 0.05) is 36.6 Å². The minimum Gasteiger partial charge on any atom is -0.497 e. The fraction of sp³-hybridized carbons (Fsp3) is 0.286. The lowest BCUT2D eigenvalue weighted by atomic mass is 9.98. The molecule has 3 aromatic carbocycles. The molecular formula is C28H32N4O4. The maximum absolute atomic E-state index is 13.1. The Labute approximate surface area is 211 Å². The van der Waals surface area contributed by atoms with Crippen LogP contribution >= 0.6 is 0 Å². The molecule has 8 heteroatoms. The van der Waals surface area contributed by atoms with Crippen molar-refractivity contribution < 1.29 is 19.1 Å². The lowest BCUT2D eigenvalue weighted by molar-refractivity contribution is 0.0943. The number of nitrogens with one attached hydrogen (secondary N) is 3. The van der Waals surface area contributed by atoms with Crippen LogP contribution in [0.15, 0.2) is 60.7 Å². The molecular weight excluding hydrogens is 456 g/mol. The third-order valence-electron chi connectivity index (χ3n) is 6.05. The number of urea groups is 1. The number of nitrogens with zero attached hydrogens (tertiary/aromatic N) is 1. The van der Waals surface area contributed by atoms with Crippen LogP contribution in [0.2, 0.25) is 0 Å². The van der Waals surface area contributed by atoms with Crippen LogP contribution in [0, 0.1) is 0 Å². The first-order chi connectivity index (χ1) is 17.4. The number of fused-ring (bicyclic) bond motifs is 1. The lowest BCUT2D eigenvalue weighted by Gasteiger charge is -2.32. The topological polar surface area (TPSA) is 91.9 Å². The summed E-state index contributed by atoms with van der Waals surface area (Å²) in [5.41, 5.74) is 4.96. The number of carbonyl (C=O) groups excluding carboxylic acids is 2. The van der Waals surface area contributed by atoms with Gasteiger partial charge in [-0.3, -0.25) is 4.79 Å². The first-order valence-corrected chi connectivity index (χ1v) is 11.9. The van der Waals surface area contributed by atoms with Crippen molar-refractivity contribution in [1.82, 2.24) is 5.32 Å². The number of benzene rings is 3. The Bertz CT molecular complexity index is 1260. The number of hydrogen-bond donors (Lipinski definition) is 3. The highest BCUT2D eigenvalue weighted by Gasteiger charge is 2.22. The third-order valence-corrected chi connectivity index (χ3v) is 6.05. The second kappa shape index (κ2) is 11.0. The Morgan fingerprint density at radius 3 is 2.42 bits per heavy atom. The lowest BCUT2D eigenvalue weighted by Crippen LogP contribution is -2.35. The molecule has 0 radical (unpaired) electrons. The van der Waals surface area contributed by atoms with Crippen molar-refractivity contribution in [3.8, 4) is 11.5 Å². The predicted molar refractivity (Wildman–Crippen MR) is 142 cm³/mol. The first-order valence-electron chi connectivity index (χ1n) is 11.9. The maximum Gasteiger partial charge on any atom is 0.323 e. The highest BCUT2D eigenvalue weighted by Crippen LogP contribution is 2.31. The van der Waals surface area contributed by atoms with Crippen molar-refractivity contribution >= 4 is 29.0 Å². The molecule has 188 valence electrons. The van der Waals surface area contributed by atoms with Crippen LogP contribution in [0.25, 0.3) is 0 Å². The minimum absolute atomic E-state index is 0.0186.